The van der Waals surface area contributed by atoms with E-state index in [-0.39, 0.29) is 4.90 Å². The molecule has 20 heavy (non-hydrogen) atoms. The highest BCUT2D eigenvalue weighted by molar-refractivity contribution is 14.1. The molecule has 0 radical (unpaired) electrons. The van der Waals surface area contributed by atoms with Crippen LogP contribution in [0, 0.1) is 3.57 Å². The number of rotatable bonds is 4. The van der Waals surface area contributed by atoms with Gasteiger partial charge in [0.1, 0.15) is 5.75 Å². The smallest absolute Gasteiger partial charge is 0.261 e. The predicted molar refractivity (Wildman–Crippen MR) is 87.4 cm³/mol. The van der Waals surface area contributed by atoms with Crippen LogP contribution in [0.25, 0.3) is 0 Å². The van der Waals surface area contributed by atoms with E-state index in [1.165, 1.54) is 7.11 Å². The van der Waals surface area contributed by atoms with Gasteiger partial charge in [-0.25, -0.2) is 8.42 Å². The first-order valence-electron chi connectivity index (χ1n) is 5.64. The zero-order valence-corrected chi connectivity index (χ0v) is 13.6. The Morgan fingerprint density at radius 2 is 1.80 bits per heavy atom. The Hall–Kier alpha value is -1.48. The predicted octanol–water partition coefficient (Wildman–Crippen LogP) is 2.68. The summed E-state index contributed by atoms with van der Waals surface area (Å²) >= 11 is 2.12. The Kier molecular flexibility index (Phi) is 4.39. The van der Waals surface area contributed by atoms with Gasteiger partial charge in [-0.3, -0.25) is 4.72 Å². The summed E-state index contributed by atoms with van der Waals surface area (Å²) < 4.78 is 32.9. The first kappa shape index (κ1) is 14.9. The zero-order chi connectivity index (χ0) is 14.8. The fourth-order valence-corrected chi connectivity index (χ4v) is 3.01. The quantitative estimate of drug-likeness (QED) is 0.607. The molecule has 2 aromatic rings. The zero-order valence-electron chi connectivity index (χ0n) is 10.6. The summed E-state index contributed by atoms with van der Waals surface area (Å²) in [6, 6.07) is 11.3. The Balaban J connectivity index is 2.30. The normalized spacial score (nSPS) is 11.1. The van der Waals surface area contributed by atoms with Crippen molar-refractivity contribution < 1.29 is 13.2 Å². The Morgan fingerprint density at radius 1 is 1.15 bits per heavy atom. The molecule has 0 bridgehead atoms. The SMILES string of the molecule is COc1cc(NS(=O)(=O)c2ccc(I)cc2)ccc1N. The van der Waals surface area contributed by atoms with Crippen molar-refractivity contribution in [1.29, 1.82) is 0 Å². The standard InChI is InChI=1S/C13H13IN2O3S/c1-19-13-8-10(4-7-12(13)15)16-20(17,18)11-5-2-9(14)3-6-11/h2-8,16H,15H2,1H3. The number of nitrogens with two attached hydrogens (primary N) is 1. The van der Waals surface area contributed by atoms with Crippen LogP contribution < -0.4 is 15.2 Å². The van der Waals surface area contributed by atoms with Crippen molar-refractivity contribution in [3.8, 4) is 5.75 Å². The minimum atomic E-state index is -3.62. The molecule has 0 saturated heterocycles. The molecule has 0 spiro atoms. The minimum absolute atomic E-state index is 0.203. The van der Waals surface area contributed by atoms with Gasteiger partial charge in [0, 0.05) is 9.64 Å². The highest BCUT2D eigenvalue weighted by Gasteiger charge is 2.14. The summed E-state index contributed by atoms with van der Waals surface area (Å²) in [4.78, 5) is 0.203. The van der Waals surface area contributed by atoms with E-state index >= 15 is 0 Å². The molecule has 0 fully saturated rings. The van der Waals surface area contributed by atoms with E-state index in [1.807, 2.05) is 0 Å². The third kappa shape index (κ3) is 3.34. The average molecular weight is 404 g/mol. The number of anilines is 2. The molecule has 0 atom stereocenters. The second kappa shape index (κ2) is 5.88. The molecule has 0 unspecified atom stereocenters. The van der Waals surface area contributed by atoms with E-state index < -0.39 is 10.0 Å². The highest BCUT2D eigenvalue weighted by Crippen LogP contribution is 2.26. The second-order valence-electron chi connectivity index (χ2n) is 4.02. The molecular formula is C13H13IN2O3S. The summed E-state index contributed by atoms with van der Waals surface area (Å²) in [6.07, 6.45) is 0. The van der Waals surface area contributed by atoms with Crippen LogP contribution in [0.4, 0.5) is 11.4 Å². The van der Waals surface area contributed by atoms with E-state index in [2.05, 4.69) is 27.3 Å². The average Bonchev–Trinajstić information content (AvgIpc) is 2.41. The van der Waals surface area contributed by atoms with Crippen LogP contribution in [0.15, 0.2) is 47.4 Å². The van der Waals surface area contributed by atoms with Gasteiger partial charge in [-0.05, 0) is 59.0 Å². The van der Waals surface area contributed by atoms with Gasteiger partial charge in [-0.1, -0.05) is 0 Å². The molecule has 2 rings (SSSR count). The van der Waals surface area contributed by atoms with Crippen LogP contribution in [0.2, 0.25) is 0 Å². The topological polar surface area (TPSA) is 81.4 Å². The number of hydrogen-bond acceptors (Lipinski definition) is 4. The number of hydrogen-bond donors (Lipinski definition) is 2. The van der Waals surface area contributed by atoms with Gasteiger partial charge < -0.3 is 10.5 Å². The summed E-state index contributed by atoms with van der Waals surface area (Å²) in [5.41, 5.74) is 6.54. The van der Waals surface area contributed by atoms with Crippen LogP contribution in [0.5, 0.6) is 5.75 Å². The van der Waals surface area contributed by atoms with Crippen molar-refractivity contribution in [2.75, 3.05) is 17.6 Å². The summed E-state index contributed by atoms with van der Waals surface area (Å²) in [5, 5.41) is 0. The number of halogens is 1. The largest absolute Gasteiger partial charge is 0.495 e. The third-order valence-electron chi connectivity index (χ3n) is 2.61. The maximum atomic E-state index is 12.2. The molecule has 5 nitrogen and oxygen atoms in total. The monoisotopic (exact) mass is 404 g/mol. The van der Waals surface area contributed by atoms with Crippen molar-refractivity contribution in [2.24, 2.45) is 0 Å². The van der Waals surface area contributed by atoms with Gasteiger partial charge in [-0.15, -0.1) is 0 Å². The van der Waals surface area contributed by atoms with Gasteiger partial charge in [0.05, 0.1) is 23.4 Å². The Morgan fingerprint density at radius 3 is 2.40 bits per heavy atom. The first-order chi connectivity index (χ1) is 9.42. The molecule has 0 aliphatic rings. The lowest BCUT2D eigenvalue weighted by molar-refractivity contribution is 0.417. The molecule has 3 N–H and O–H groups in total. The van der Waals surface area contributed by atoms with Crippen LogP contribution in [0.3, 0.4) is 0 Å². The van der Waals surface area contributed by atoms with E-state index in [0.29, 0.717) is 17.1 Å². The van der Waals surface area contributed by atoms with Gasteiger partial charge in [0.2, 0.25) is 0 Å². The first-order valence-corrected chi connectivity index (χ1v) is 8.20. The van der Waals surface area contributed by atoms with E-state index in [9.17, 15) is 8.42 Å². The van der Waals surface area contributed by atoms with Gasteiger partial charge in [0.15, 0.2) is 0 Å². The van der Waals surface area contributed by atoms with Crippen LogP contribution >= 0.6 is 22.6 Å². The van der Waals surface area contributed by atoms with E-state index in [4.69, 9.17) is 10.5 Å². The lowest BCUT2D eigenvalue weighted by Gasteiger charge is -2.10. The molecule has 0 aliphatic carbocycles. The molecule has 0 amide bonds. The Bertz CT molecular complexity index is 715. The highest BCUT2D eigenvalue weighted by atomic mass is 127. The van der Waals surface area contributed by atoms with Crippen LogP contribution in [0.1, 0.15) is 0 Å². The van der Waals surface area contributed by atoms with Gasteiger partial charge in [0.25, 0.3) is 10.0 Å². The van der Waals surface area contributed by atoms with Gasteiger partial charge in [-0.2, -0.15) is 0 Å². The number of benzene rings is 2. The van der Waals surface area contributed by atoms with Gasteiger partial charge >= 0.3 is 0 Å². The number of nitrogen functional groups attached to an aromatic ring is 1. The number of ether oxygens (including phenoxy) is 1. The second-order valence-corrected chi connectivity index (χ2v) is 6.94. The maximum Gasteiger partial charge on any atom is 0.261 e. The summed E-state index contributed by atoms with van der Waals surface area (Å²) in [7, 11) is -2.14. The van der Waals surface area contributed by atoms with E-state index in [1.54, 1.807) is 42.5 Å². The summed E-state index contributed by atoms with van der Waals surface area (Å²) in [5.74, 6) is 0.424. The molecule has 0 aromatic heterocycles. The molecule has 0 saturated carbocycles. The number of sulfonamides is 1. The van der Waals surface area contributed by atoms with Crippen molar-refractivity contribution in [3.63, 3.8) is 0 Å². The fourth-order valence-electron chi connectivity index (χ4n) is 1.60. The summed E-state index contributed by atoms with van der Waals surface area (Å²) in [6.45, 7) is 0. The fraction of sp³-hybridized carbons (Fsp3) is 0.0769. The van der Waals surface area contributed by atoms with Crippen LogP contribution in [-0.4, -0.2) is 15.5 Å². The number of nitrogens with one attached hydrogen (secondary N) is 1. The molecule has 106 valence electrons. The third-order valence-corrected chi connectivity index (χ3v) is 4.73. The molecular weight excluding hydrogens is 391 g/mol. The molecule has 2 aromatic carbocycles. The molecule has 7 heteroatoms. The Labute approximate surface area is 131 Å². The minimum Gasteiger partial charge on any atom is -0.495 e. The molecule has 0 aliphatic heterocycles. The van der Waals surface area contributed by atoms with Crippen molar-refractivity contribution in [3.05, 3.63) is 46.0 Å². The van der Waals surface area contributed by atoms with Crippen molar-refractivity contribution in [1.82, 2.24) is 0 Å². The lowest BCUT2D eigenvalue weighted by Crippen LogP contribution is -2.13. The van der Waals surface area contributed by atoms with Crippen LogP contribution in [-0.2, 0) is 10.0 Å². The van der Waals surface area contributed by atoms with Crippen molar-refractivity contribution in [2.45, 2.75) is 4.90 Å². The maximum absolute atomic E-state index is 12.2. The lowest BCUT2D eigenvalue weighted by atomic mass is 10.2. The molecule has 0 heterocycles. The van der Waals surface area contributed by atoms with Crippen molar-refractivity contribution >= 4 is 44.0 Å². The van der Waals surface area contributed by atoms with E-state index in [0.717, 1.165) is 3.57 Å². The number of methoxy groups -OCH3 is 1.